The molecule has 116 valence electrons. The Hall–Kier alpha value is -0.630. The van der Waals surface area contributed by atoms with Gasteiger partial charge in [0.05, 0.1) is 6.10 Å². The van der Waals surface area contributed by atoms with Crippen molar-refractivity contribution in [2.45, 2.75) is 38.0 Å². The van der Waals surface area contributed by atoms with Crippen LogP contribution in [0.15, 0.2) is 5.38 Å². The number of ether oxygens (including phenoxy) is 1. The maximum atomic E-state index is 12.8. The zero-order valence-corrected chi connectivity index (χ0v) is 13.6. The highest BCUT2D eigenvalue weighted by Gasteiger charge is 2.32. The van der Waals surface area contributed by atoms with Crippen LogP contribution >= 0.6 is 23.1 Å². The topological polar surface area (TPSA) is 68.5 Å². The highest BCUT2D eigenvalue weighted by molar-refractivity contribution is 7.99. The number of carbonyl (C=O) groups is 1. The number of nitrogens with two attached hydrogens (primary N) is 1. The summed E-state index contributed by atoms with van der Waals surface area (Å²) in [6, 6.07) is 0.315. The van der Waals surface area contributed by atoms with Gasteiger partial charge in [0.2, 0.25) is 0 Å². The maximum Gasteiger partial charge on any atom is 0.273 e. The predicted octanol–water partition coefficient (Wildman–Crippen LogP) is 1.73. The largest absolute Gasteiger partial charge is 0.376 e. The van der Waals surface area contributed by atoms with E-state index in [2.05, 4.69) is 4.98 Å². The average Bonchev–Trinajstić information content (AvgIpc) is 3.25. The van der Waals surface area contributed by atoms with Gasteiger partial charge in [0.25, 0.3) is 5.91 Å². The van der Waals surface area contributed by atoms with Crippen LogP contribution in [-0.2, 0) is 11.3 Å². The molecule has 3 rings (SSSR count). The summed E-state index contributed by atoms with van der Waals surface area (Å²) in [6.45, 7) is 1.91. The lowest BCUT2D eigenvalue weighted by Gasteiger charge is -2.30. The van der Waals surface area contributed by atoms with Crippen LogP contribution in [0.2, 0.25) is 0 Å². The molecule has 2 fully saturated rings. The van der Waals surface area contributed by atoms with Gasteiger partial charge in [-0.3, -0.25) is 4.79 Å². The molecular formula is C14H21N3O2S2. The number of nitrogens with zero attached hydrogens (tertiary/aromatic N) is 2. The molecular weight excluding hydrogens is 306 g/mol. The SMILES string of the molecule is NCc1nc(C(=O)N(CC2CCCO2)C2CCSC2)cs1. The first-order valence-electron chi connectivity index (χ1n) is 7.42. The van der Waals surface area contributed by atoms with Gasteiger partial charge in [0, 0.05) is 36.9 Å². The molecule has 1 aromatic rings. The maximum absolute atomic E-state index is 12.8. The van der Waals surface area contributed by atoms with Crippen molar-refractivity contribution in [2.75, 3.05) is 24.7 Å². The smallest absolute Gasteiger partial charge is 0.273 e. The van der Waals surface area contributed by atoms with E-state index in [1.807, 2.05) is 22.0 Å². The molecule has 21 heavy (non-hydrogen) atoms. The number of carbonyl (C=O) groups excluding carboxylic acids is 1. The van der Waals surface area contributed by atoms with Gasteiger partial charge in [0.1, 0.15) is 10.7 Å². The third-order valence-electron chi connectivity index (χ3n) is 3.98. The van der Waals surface area contributed by atoms with Crippen molar-refractivity contribution in [3.05, 3.63) is 16.1 Å². The van der Waals surface area contributed by atoms with Crippen molar-refractivity contribution in [3.8, 4) is 0 Å². The summed E-state index contributed by atoms with van der Waals surface area (Å²) in [5.41, 5.74) is 6.13. The minimum absolute atomic E-state index is 0.0361. The van der Waals surface area contributed by atoms with Crippen LogP contribution in [0, 0.1) is 0 Å². The van der Waals surface area contributed by atoms with E-state index in [0.717, 1.165) is 42.4 Å². The molecule has 5 nitrogen and oxygen atoms in total. The Morgan fingerprint density at radius 3 is 3.05 bits per heavy atom. The van der Waals surface area contributed by atoms with Gasteiger partial charge in [-0.2, -0.15) is 11.8 Å². The van der Waals surface area contributed by atoms with E-state index >= 15 is 0 Å². The van der Waals surface area contributed by atoms with Crippen LogP contribution in [0.1, 0.15) is 34.8 Å². The second-order valence-electron chi connectivity index (χ2n) is 5.44. The first kappa shape index (κ1) is 15.3. The van der Waals surface area contributed by atoms with Crippen molar-refractivity contribution >= 4 is 29.0 Å². The Morgan fingerprint density at radius 1 is 1.52 bits per heavy atom. The zero-order chi connectivity index (χ0) is 14.7. The lowest BCUT2D eigenvalue weighted by atomic mass is 10.1. The van der Waals surface area contributed by atoms with E-state index in [-0.39, 0.29) is 12.0 Å². The third kappa shape index (κ3) is 3.59. The lowest BCUT2D eigenvalue weighted by molar-refractivity contribution is 0.0438. The van der Waals surface area contributed by atoms with E-state index in [4.69, 9.17) is 10.5 Å². The number of hydrogen-bond donors (Lipinski definition) is 1. The molecule has 2 saturated heterocycles. The summed E-state index contributed by atoms with van der Waals surface area (Å²) in [4.78, 5) is 19.2. The molecule has 3 heterocycles. The summed E-state index contributed by atoms with van der Waals surface area (Å²) >= 11 is 3.38. The van der Waals surface area contributed by atoms with Gasteiger partial charge >= 0.3 is 0 Å². The molecule has 2 atom stereocenters. The molecule has 0 bridgehead atoms. The Kier molecular flexibility index (Phi) is 5.15. The highest BCUT2D eigenvalue weighted by Crippen LogP contribution is 2.26. The van der Waals surface area contributed by atoms with Crippen LogP contribution < -0.4 is 5.73 Å². The number of aromatic nitrogens is 1. The normalized spacial score (nSPS) is 25.4. The quantitative estimate of drug-likeness (QED) is 0.892. The molecule has 2 unspecified atom stereocenters. The summed E-state index contributed by atoms with van der Waals surface area (Å²) < 4.78 is 5.72. The van der Waals surface area contributed by atoms with Crippen molar-refractivity contribution in [3.63, 3.8) is 0 Å². The van der Waals surface area contributed by atoms with Crippen molar-refractivity contribution in [2.24, 2.45) is 5.73 Å². The Labute approximate surface area is 133 Å². The molecule has 0 saturated carbocycles. The van der Waals surface area contributed by atoms with Crippen LogP contribution in [0.3, 0.4) is 0 Å². The van der Waals surface area contributed by atoms with Gasteiger partial charge in [-0.05, 0) is 25.0 Å². The van der Waals surface area contributed by atoms with Gasteiger partial charge in [0.15, 0.2) is 0 Å². The van der Waals surface area contributed by atoms with Crippen LogP contribution in [-0.4, -0.2) is 52.6 Å². The summed E-state index contributed by atoms with van der Waals surface area (Å²) in [7, 11) is 0. The minimum atomic E-state index is 0.0361. The van der Waals surface area contributed by atoms with E-state index in [9.17, 15) is 4.79 Å². The first-order valence-corrected chi connectivity index (χ1v) is 9.46. The van der Waals surface area contributed by atoms with E-state index < -0.39 is 0 Å². The van der Waals surface area contributed by atoms with E-state index in [0.29, 0.717) is 24.8 Å². The Balaban J connectivity index is 1.74. The fourth-order valence-electron chi connectivity index (χ4n) is 2.82. The van der Waals surface area contributed by atoms with Crippen molar-refractivity contribution in [1.29, 1.82) is 0 Å². The second kappa shape index (κ2) is 7.09. The van der Waals surface area contributed by atoms with Crippen molar-refractivity contribution in [1.82, 2.24) is 9.88 Å². The van der Waals surface area contributed by atoms with Crippen LogP contribution in [0.25, 0.3) is 0 Å². The number of thiazole rings is 1. The Bertz CT molecular complexity index is 482. The van der Waals surface area contributed by atoms with E-state index in [1.165, 1.54) is 11.3 Å². The van der Waals surface area contributed by atoms with Crippen molar-refractivity contribution < 1.29 is 9.53 Å². The summed E-state index contributed by atoms with van der Waals surface area (Å²) in [5.74, 6) is 2.19. The second-order valence-corrected chi connectivity index (χ2v) is 7.53. The number of thioether (sulfide) groups is 1. The molecule has 1 aromatic heterocycles. The molecule has 7 heteroatoms. The number of rotatable bonds is 5. The molecule has 2 aliphatic rings. The molecule has 2 N–H and O–H groups in total. The number of amides is 1. The van der Waals surface area contributed by atoms with Gasteiger partial charge in [-0.15, -0.1) is 11.3 Å². The Morgan fingerprint density at radius 2 is 2.43 bits per heavy atom. The summed E-state index contributed by atoms with van der Waals surface area (Å²) in [6.07, 6.45) is 3.40. The number of hydrogen-bond acceptors (Lipinski definition) is 6. The van der Waals surface area contributed by atoms with E-state index in [1.54, 1.807) is 0 Å². The third-order valence-corrected chi connectivity index (χ3v) is 5.99. The lowest BCUT2D eigenvalue weighted by Crippen LogP contribution is -2.44. The molecule has 0 spiro atoms. The predicted molar refractivity (Wildman–Crippen MR) is 85.7 cm³/mol. The van der Waals surface area contributed by atoms with Crippen LogP contribution in [0.5, 0.6) is 0 Å². The average molecular weight is 327 g/mol. The fraction of sp³-hybridized carbons (Fsp3) is 0.714. The molecule has 0 aromatic carbocycles. The zero-order valence-electron chi connectivity index (χ0n) is 12.0. The van der Waals surface area contributed by atoms with Crippen LogP contribution in [0.4, 0.5) is 0 Å². The minimum Gasteiger partial charge on any atom is -0.376 e. The van der Waals surface area contributed by atoms with Gasteiger partial charge < -0.3 is 15.4 Å². The summed E-state index contributed by atoms with van der Waals surface area (Å²) in [5, 5.41) is 2.64. The standard InChI is InChI=1S/C14H21N3O2S2/c15-6-13-16-12(9-21-13)14(18)17(10-3-5-20-8-10)7-11-2-1-4-19-11/h9-11H,1-8,15H2. The molecule has 2 aliphatic heterocycles. The molecule has 0 aliphatic carbocycles. The highest BCUT2D eigenvalue weighted by atomic mass is 32.2. The molecule has 0 radical (unpaired) electrons. The van der Waals surface area contributed by atoms with Gasteiger partial charge in [-0.25, -0.2) is 4.98 Å². The fourth-order valence-corrected chi connectivity index (χ4v) is 4.70. The monoisotopic (exact) mass is 327 g/mol. The van der Waals surface area contributed by atoms with Gasteiger partial charge in [-0.1, -0.05) is 0 Å². The first-order chi connectivity index (χ1) is 10.3. The molecule has 1 amide bonds.